The van der Waals surface area contributed by atoms with E-state index in [2.05, 4.69) is 4.98 Å². The van der Waals surface area contributed by atoms with Gasteiger partial charge in [0.25, 0.3) is 0 Å². The molecule has 0 bridgehead atoms. The second-order valence-corrected chi connectivity index (χ2v) is 3.83. The average Bonchev–Trinajstić information content (AvgIpc) is 2.53. The van der Waals surface area contributed by atoms with Crippen LogP contribution in [0.1, 0.15) is 17.0 Å². The summed E-state index contributed by atoms with van der Waals surface area (Å²) in [6.07, 6.45) is -3.50. The second kappa shape index (κ2) is 4.01. The largest absolute Gasteiger partial charge is 0.481 e. The molecule has 0 amide bonds. The van der Waals surface area contributed by atoms with Crippen LogP contribution in [0.3, 0.4) is 0 Å². The number of halogens is 3. The van der Waals surface area contributed by atoms with Crippen molar-refractivity contribution in [3.63, 3.8) is 0 Å². The average molecular weight is 258 g/mol. The van der Waals surface area contributed by atoms with Crippen LogP contribution in [0.25, 0.3) is 5.65 Å². The van der Waals surface area contributed by atoms with E-state index in [1.54, 1.807) is 0 Å². The van der Waals surface area contributed by atoms with Crippen molar-refractivity contribution in [3.8, 4) is 0 Å². The lowest BCUT2D eigenvalue weighted by molar-refractivity contribution is -0.137. The van der Waals surface area contributed by atoms with Crippen LogP contribution in [0.5, 0.6) is 0 Å². The number of carboxylic acid groups (broad SMARTS) is 1. The molecule has 0 aromatic carbocycles. The molecule has 0 aliphatic carbocycles. The van der Waals surface area contributed by atoms with Gasteiger partial charge in [-0.1, -0.05) is 0 Å². The number of aryl methyl sites for hydroxylation is 1. The molecule has 2 rings (SSSR count). The van der Waals surface area contributed by atoms with Crippen LogP contribution in [0.2, 0.25) is 0 Å². The third-order valence-corrected chi connectivity index (χ3v) is 2.57. The van der Waals surface area contributed by atoms with Gasteiger partial charge >= 0.3 is 12.1 Å². The van der Waals surface area contributed by atoms with E-state index in [0.717, 1.165) is 6.07 Å². The molecule has 0 atom stereocenters. The van der Waals surface area contributed by atoms with Gasteiger partial charge in [0.1, 0.15) is 5.65 Å². The van der Waals surface area contributed by atoms with Crippen molar-refractivity contribution in [1.29, 1.82) is 0 Å². The molecular weight excluding hydrogens is 249 g/mol. The Labute approximate surface area is 99.7 Å². The van der Waals surface area contributed by atoms with E-state index in [0.29, 0.717) is 0 Å². The van der Waals surface area contributed by atoms with Crippen molar-refractivity contribution in [1.82, 2.24) is 9.38 Å². The van der Waals surface area contributed by atoms with E-state index >= 15 is 0 Å². The molecule has 0 unspecified atom stereocenters. The number of hydrogen-bond donors (Lipinski definition) is 1. The summed E-state index contributed by atoms with van der Waals surface area (Å²) in [6.45, 7) is 1.49. The standard InChI is InChI=1S/C11H9F3N2O2/c1-6-8(5-9(17)18)16-4-2-3-7(10(16)15-6)11(12,13)14/h2-4H,5H2,1H3,(H,17,18). The van der Waals surface area contributed by atoms with Gasteiger partial charge in [-0.2, -0.15) is 13.2 Å². The van der Waals surface area contributed by atoms with Crippen LogP contribution < -0.4 is 0 Å². The van der Waals surface area contributed by atoms with Crippen LogP contribution >= 0.6 is 0 Å². The normalized spacial score (nSPS) is 12.0. The molecule has 2 aromatic heterocycles. The summed E-state index contributed by atoms with van der Waals surface area (Å²) in [7, 11) is 0. The van der Waals surface area contributed by atoms with Gasteiger partial charge in [-0.05, 0) is 19.1 Å². The number of fused-ring (bicyclic) bond motifs is 1. The van der Waals surface area contributed by atoms with E-state index in [1.807, 2.05) is 0 Å². The van der Waals surface area contributed by atoms with Crippen LogP contribution in [-0.4, -0.2) is 20.5 Å². The van der Waals surface area contributed by atoms with Crippen molar-refractivity contribution in [2.45, 2.75) is 19.5 Å². The molecule has 0 saturated heterocycles. The van der Waals surface area contributed by atoms with E-state index in [9.17, 15) is 18.0 Å². The van der Waals surface area contributed by atoms with Gasteiger partial charge in [-0.25, -0.2) is 4.98 Å². The topological polar surface area (TPSA) is 54.6 Å². The van der Waals surface area contributed by atoms with Gasteiger partial charge < -0.3 is 9.51 Å². The fourth-order valence-electron chi connectivity index (χ4n) is 1.81. The summed E-state index contributed by atoms with van der Waals surface area (Å²) in [5.74, 6) is -1.11. The molecule has 0 spiro atoms. The Bertz CT molecular complexity index is 617. The SMILES string of the molecule is Cc1nc2c(C(F)(F)F)cccn2c1CC(=O)O. The van der Waals surface area contributed by atoms with Gasteiger partial charge in [0, 0.05) is 6.20 Å². The predicted octanol–water partition coefficient (Wildman–Crippen LogP) is 2.29. The predicted molar refractivity (Wildman–Crippen MR) is 56.3 cm³/mol. The fraction of sp³-hybridized carbons (Fsp3) is 0.273. The van der Waals surface area contributed by atoms with Crippen LogP contribution in [0.4, 0.5) is 13.2 Å². The zero-order valence-corrected chi connectivity index (χ0v) is 9.32. The highest BCUT2D eigenvalue weighted by atomic mass is 19.4. The Morgan fingerprint density at radius 1 is 1.50 bits per heavy atom. The molecule has 0 fully saturated rings. The molecule has 0 aliphatic heterocycles. The van der Waals surface area contributed by atoms with Gasteiger partial charge in [0.2, 0.25) is 0 Å². The highest BCUT2D eigenvalue weighted by molar-refractivity contribution is 5.71. The van der Waals surface area contributed by atoms with E-state index in [4.69, 9.17) is 5.11 Å². The molecule has 0 aliphatic rings. The molecule has 0 radical (unpaired) electrons. The Hall–Kier alpha value is -2.05. The zero-order valence-electron chi connectivity index (χ0n) is 9.32. The quantitative estimate of drug-likeness (QED) is 0.899. The number of hydrogen-bond acceptors (Lipinski definition) is 2. The number of alkyl halides is 3. The van der Waals surface area contributed by atoms with E-state index in [1.165, 1.54) is 23.6 Å². The number of rotatable bonds is 2. The summed E-state index contributed by atoms with van der Waals surface area (Å²) < 4.78 is 39.4. The minimum absolute atomic E-state index is 0.253. The summed E-state index contributed by atoms with van der Waals surface area (Å²) in [4.78, 5) is 14.5. The summed E-state index contributed by atoms with van der Waals surface area (Å²) in [6, 6.07) is 2.15. The van der Waals surface area contributed by atoms with Gasteiger partial charge in [0.15, 0.2) is 0 Å². The number of aromatic nitrogens is 2. The second-order valence-electron chi connectivity index (χ2n) is 3.83. The molecule has 4 nitrogen and oxygen atoms in total. The number of carbonyl (C=O) groups is 1. The first-order valence-corrected chi connectivity index (χ1v) is 5.06. The van der Waals surface area contributed by atoms with Gasteiger partial charge in [0.05, 0.1) is 23.4 Å². The highest BCUT2D eigenvalue weighted by Crippen LogP contribution is 2.32. The Morgan fingerprint density at radius 3 is 2.72 bits per heavy atom. The third kappa shape index (κ3) is 2.03. The minimum Gasteiger partial charge on any atom is -0.481 e. The maximum Gasteiger partial charge on any atom is 0.419 e. The number of aliphatic carboxylic acids is 1. The van der Waals surface area contributed by atoms with Crippen molar-refractivity contribution < 1.29 is 23.1 Å². The molecule has 2 heterocycles. The van der Waals surface area contributed by atoms with Crippen LogP contribution in [0, 0.1) is 6.92 Å². The summed E-state index contributed by atoms with van der Waals surface area (Å²) in [5, 5.41) is 8.74. The van der Waals surface area contributed by atoms with Crippen molar-refractivity contribution >= 4 is 11.6 Å². The number of pyridine rings is 1. The molecular formula is C11H9F3N2O2. The minimum atomic E-state index is -4.51. The monoisotopic (exact) mass is 258 g/mol. The van der Waals surface area contributed by atoms with E-state index < -0.39 is 17.7 Å². The molecule has 7 heteroatoms. The summed E-state index contributed by atoms with van der Waals surface area (Å²) >= 11 is 0. The number of nitrogens with zero attached hydrogens (tertiary/aromatic N) is 2. The van der Waals surface area contributed by atoms with Crippen molar-refractivity contribution in [3.05, 3.63) is 35.3 Å². The smallest absolute Gasteiger partial charge is 0.419 e. The lowest BCUT2D eigenvalue weighted by atomic mass is 10.2. The lowest BCUT2D eigenvalue weighted by Crippen LogP contribution is -2.09. The van der Waals surface area contributed by atoms with E-state index in [-0.39, 0.29) is 23.5 Å². The first kappa shape index (κ1) is 12.4. The zero-order chi connectivity index (χ0) is 13.5. The Balaban J connectivity index is 2.71. The lowest BCUT2D eigenvalue weighted by Gasteiger charge is -2.08. The number of imidazole rings is 1. The van der Waals surface area contributed by atoms with Crippen molar-refractivity contribution in [2.24, 2.45) is 0 Å². The highest BCUT2D eigenvalue weighted by Gasteiger charge is 2.34. The number of carboxylic acids is 1. The maximum absolute atomic E-state index is 12.8. The first-order valence-electron chi connectivity index (χ1n) is 5.06. The van der Waals surface area contributed by atoms with Gasteiger partial charge in [-0.3, -0.25) is 4.79 Å². The molecule has 96 valence electrons. The molecule has 18 heavy (non-hydrogen) atoms. The summed E-state index contributed by atoms with van der Waals surface area (Å²) in [5.41, 5.74) is -0.596. The van der Waals surface area contributed by atoms with Crippen LogP contribution in [0.15, 0.2) is 18.3 Å². The maximum atomic E-state index is 12.8. The fourth-order valence-corrected chi connectivity index (χ4v) is 1.81. The van der Waals surface area contributed by atoms with Gasteiger partial charge in [-0.15, -0.1) is 0 Å². The molecule has 1 N–H and O–H groups in total. The Kier molecular flexibility index (Phi) is 2.76. The van der Waals surface area contributed by atoms with Crippen LogP contribution in [-0.2, 0) is 17.4 Å². The molecule has 0 saturated carbocycles. The Morgan fingerprint density at radius 2 is 2.17 bits per heavy atom. The first-order chi connectivity index (χ1) is 8.30. The molecule has 2 aromatic rings. The van der Waals surface area contributed by atoms with Crippen molar-refractivity contribution in [2.75, 3.05) is 0 Å². The third-order valence-electron chi connectivity index (χ3n) is 2.57.